The highest BCUT2D eigenvalue weighted by molar-refractivity contribution is 6.43. The molecule has 2 saturated carbocycles. The summed E-state index contributed by atoms with van der Waals surface area (Å²) in [5, 5.41) is 15.2. The summed E-state index contributed by atoms with van der Waals surface area (Å²) < 4.78 is 25.3. The van der Waals surface area contributed by atoms with E-state index in [9.17, 15) is 14.9 Å². The number of nitrogens with one attached hydrogen (secondary N) is 1. The zero-order valence-electron chi connectivity index (χ0n) is 29.4. The molecule has 3 aromatic heterocycles. The molecule has 2 bridgehead atoms. The minimum absolute atomic E-state index is 0.0725. The first-order chi connectivity index (χ1) is 25.6. The molecule has 53 heavy (non-hydrogen) atoms. The number of piperidine rings is 1. The van der Waals surface area contributed by atoms with Crippen LogP contribution in [0.15, 0.2) is 48.7 Å². The second-order valence-electron chi connectivity index (χ2n) is 14.9. The van der Waals surface area contributed by atoms with Crippen LogP contribution < -0.4 is 5.32 Å². The monoisotopic (exact) mass is 751 g/mol. The molecule has 5 fully saturated rings. The van der Waals surface area contributed by atoms with E-state index < -0.39 is 5.82 Å². The molecule has 0 spiro atoms. The second-order valence-corrected chi connectivity index (χ2v) is 15.7. The number of pyridine rings is 2. The Morgan fingerprint density at radius 1 is 1.11 bits per heavy atom. The Bertz CT molecular complexity index is 2390. The quantitative estimate of drug-likeness (QED) is 0.179. The molecule has 3 aliphatic heterocycles. The van der Waals surface area contributed by atoms with Gasteiger partial charge < -0.3 is 19.5 Å². The van der Waals surface area contributed by atoms with Gasteiger partial charge in [-0.3, -0.25) is 14.7 Å². The van der Waals surface area contributed by atoms with Gasteiger partial charge >= 0.3 is 6.09 Å². The van der Waals surface area contributed by atoms with Crippen molar-refractivity contribution < 1.29 is 18.7 Å². The Labute approximate surface area is 315 Å². The Morgan fingerprint density at radius 3 is 2.62 bits per heavy atom. The van der Waals surface area contributed by atoms with Gasteiger partial charge in [-0.25, -0.2) is 14.2 Å². The van der Waals surface area contributed by atoms with Crippen molar-refractivity contribution in [2.24, 2.45) is 11.8 Å². The Balaban J connectivity index is 1.38. The highest BCUT2D eigenvalue weighted by Gasteiger charge is 2.57. The number of rotatable bonds is 7. The van der Waals surface area contributed by atoms with Crippen molar-refractivity contribution in [1.82, 2.24) is 29.7 Å². The highest BCUT2D eigenvalue weighted by atomic mass is 35.5. The number of benzene rings is 2. The average Bonchev–Trinajstić information content (AvgIpc) is 3.57. The van der Waals surface area contributed by atoms with Crippen LogP contribution in [0.5, 0.6) is 0 Å². The number of hydrogen-bond donors (Lipinski definition) is 1. The molecule has 13 heteroatoms. The van der Waals surface area contributed by atoms with Crippen molar-refractivity contribution in [3.63, 3.8) is 0 Å². The maximum absolute atomic E-state index is 17.6. The van der Waals surface area contributed by atoms with Crippen molar-refractivity contribution in [2.45, 2.75) is 56.3 Å². The zero-order chi connectivity index (χ0) is 36.9. The number of methoxy groups -OCH3 is 1. The molecule has 6 heterocycles. The summed E-state index contributed by atoms with van der Waals surface area (Å²) in [5.41, 5.74) is 4.58. The third-order valence-electron chi connectivity index (χ3n) is 11.7. The SMILES string of the molecule is COC(=O)N1[C@@H](c2cc3c(-c4ccc(C(=O)N(C)C)nc4)nc4c(F)c(-c5cccc(Cl)c5Cl)c(CCC#N)cc4c3n2[C@H]2[C@H]3CN[C@@H]2C3)C[C@H]2C[C@H]21. The maximum atomic E-state index is 17.6. The number of likely N-dealkylation sites (tertiary alicyclic amines) is 1. The van der Waals surface area contributed by atoms with Crippen LogP contribution in [0.2, 0.25) is 10.0 Å². The van der Waals surface area contributed by atoms with Gasteiger partial charge in [0.1, 0.15) is 11.2 Å². The minimum Gasteiger partial charge on any atom is -0.453 e. The van der Waals surface area contributed by atoms with E-state index in [1.165, 1.54) is 12.0 Å². The molecule has 0 unspecified atom stereocenters. The van der Waals surface area contributed by atoms with Crippen LogP contribution in [0.1, 0.15) is 59.5 Å². The highest BCUT2D eigenvalue weighted by Crippen LogP contribution is 2.57. The maximum Gasteiger partial charge on any atom is 0.410 e. The van der Waals surface area contributed by atoms with E-state index >= 15 is 4.39 Å². The topological polar surface area (TPSA) is 116 Å². The molecule has 270 valence electrons. The van der Waals surface area contributed by atoms with E-state index in [0.29, 0.717) is 39.6 Å². The van der Waals surface area contributed by atoms with Gasteiger partial charge in [-0.1, -0.05) is 35.3 Å². The predicted octanol–water partition coefficient (Wildman–Crippen LogP) is 7.96. The van der Waals surface area contributed by atoms with Crippen molar-refractivity contribution in [1.29, 1.82) is 5.26 Å². The molecule has 6 atom stereocenters. The normalized spacial score (nSPS) is 23.9. The number of halogens is 3. The van der Waals surface area contributed by atoms with Gasteiger partial charge in [-0.05, 0) is 73.4 Å². The molecule has 10 nitrogen and oxygen atoms in total. The molecular weight excluding hydrogens is 716 g/mol. The number of hydrogen-bond acceptors (Lipinski definition) is 7. The average molecular weight is 753 g/mol. The van der Waals surface area contributed by atoms with Gasteiger partial charge in [0.2, 0.25) is 0 Å². The summed E-state index contributed by atoms with van der Waals surface area (Å²) >= 11 is 13.2. The third-order valence-corrected chi connectivity index (χ3v) is 12.6. The molecule has 1 N–H and O–H groups in total. The molecular formula is C40H36Cl2FN7O3. The van der Waals surface area contributed by atoms with Gasteiger partial charge in [0.15, 0.2) is 5.82 Å². The summed E-state index contributed by atoms with van der Waals surface area (Å²) in [4.78, 5) is 39.1. The fraction of sp³-hybridized carbons (Fsp3) is 0.375. The number of aromatic nitrogens is 3. The van der Waals surface area contributed by atoms with Crippen LogP contribution in [0.3, 0.4) is 0 Å². The molecule has 3 saturated heterocycles. The number of fused-ring (bicyclic) bond motifs is 5. The first-order valence-corrected chi connectivity index (χ1v) is 18.7. The molecule has 5 aliphatic rings. The van der Waals surface area contributed by atoms with Crippen LogP contribution in [-0.4, -0.2) is 76.2 Å². The fourth-order valence-electron chi connectivity index (χ4n) is 9.15. The van der Waals surface area contributed by atoms with Gasteiger partial charge in [0.25, 0.3) is 5.91 Å². The smallest absolute Gasteiger partial charge is 0.410 e. The number of nitrogens with zero attached hydrogens (tertiary/aromatic N) is 6. The summed E-state index contributed by atoms with van der Waals surface area (Å²) in [5.74, 6) is -0.0650. The number of aryl methyl sites for hydroxylation is 1. The van der Waals surface area contributed by atoms with Crippen molar-refractivity contribution in [3.05, 3.63) is 81.5 Å². The lowest BCUT2D eigenvalue weighted by atomic mass is 9.79. The lowest BCUT2D eigenvalue weighted by Crippen LogP contribution is -2.41. The van der Waals surface area contributed by atoms with Crippen LogP contribution in [0.25, 0.3) is 44.2 Å². The van der Waals surface area contributed by atoms with E-state index in [-0.39, 0.29) is 75.8 Å². The lowest BCUT2D eigenvalue weighted by molar-refractivity contribution is 0.0822. The van der Waals surface area contributed by atoms with Crippen molar-refractivity contribution in [2.75, 3.05) is 27.7 Å². The number of carbonyl (C=O) groups excluding carboxylic acids is 2. The first kappa shape index (κ1) is 34.0. The van der Waals surface area contributed by atoms with E-state index in [1.807, 2.05) is 11.0 Å². The minimum atomic E-state index is -0.572. The Morgan fingerprint density at radius 2 is 1.94 bits per heavy atom. The molecule has 2 aromatic carbocycles. The van der Waals surface area contributed by atoms with E-state index in [4.69, 9.17) is 32.9 Å². The van der Waals surface area contributed by atoms with E-state index in [0.717, 1.165) is 42.4 Å². The van der Waals surface area contributed by atoms with Gasteiger partial charge in [0.05, 0.1) is 46.5 Å². The molecule has 10 rings (SSSR count). The number of nitriles is 1. The van der Waals surface area contributed by atoms with Crippen molar-refractivity contribution in [3.8, 4) is 28.5 Å². The molecule has 2 aliphatic carbocycles. The predicted molar refractivity (Wildman–Crippen MR) is 200 cm³/mol. The summed E-state index contributed by atoms with van der Waals surface area (Å²) in [6.45, 7) is 0.867. The van der Waals surface area contributed by atoms with Gasteiger partial charge in [0, 0.05) is 78.5 Å². The van der Waals surface area contributed by atoms with Crippen LogP contribution >= 0.6 is 23.2 Å². The summed E-state index contributed by atoms with van der Waals surface area (Å²) in [7, 11) is 4.76. The summed E-state index contributed by atoms with van der Waals surface area (Å²) in [6, 6.07) is 15.0. The van der Waals surface area contributed by atoms with Crippen LogP contribution in [-0.2, 0) is 11.2 Å². The summed E-state index contributed by atoms with van der Waals surface area (Å²) in [6.07, 6.45) is 4.47. The standard InChI is InChI=1S/C40H36Cl2FN7O3/c1-48(2)39(51)27-10-9-20(17-45-27)35-25-16-31(30-15-21-14-29(21)49(30)40(52)53-3)50(37-22-13-28(37)46-18-22)38(25)24-12-19(6-5-11-44)32(34(43)36(24)47-35)23-7-4-8-26(41)33(23)42/h4,7-10,12,16-17,21-22,28-30,37,46H,5-6,13-15,18H2,1-3H3/t21-,22-,28-,29-,30-,37+/m1/s1. The number of amides is 2. The third kappa shape index (κ3) is 5.21. The number of carbonyl (C=O) groups is 2. The van der Waals surface area contributed by atoms with Crippen molar-refractivity contribution >= 4 is 57.0 Å². The van der Waals surface area contributed by atoms with E-state index in [1.54, 1.807) is 50.6 Å². The number of ether oxygens (including phenoxy) is 1. The lowest BCUT2D eigenvalue weighted by Gasteiger charge is -2.39. The Kier molecular flexibility index (Phi) is 8.14. The van der Waals surface area contributed by atoms with Crippen LogP contribution in [0.4, 0.5) is 9.18 Å². The fourth-order valence-corrected chi connectivity index (χ4v) is 9.54. The first-order valence-electron chi connectivity index (χ1n) is 17.9. The van der Waals surface area contributed by atoms with Gasteiger partial charge in [-0.2, -0.15) is 5.26 Å². The second kappa shape index (κ2) is 12.7. The molecule has 0 radical (unpaired) electrons. The van der Waals surface area contributed by atoms with E-state index in [2.05, 4.69) is 27.0 Å². The molecule has 2 amide bonds. The zero-order valence-corrected chi connectivity index (χ0v) is 30.9. The van der Waals surface area contributed by atoms with Crippen LogP contribution in [0, 0.1) is 29.0 Å². The molecule has 5 aromatic rings. The Hall–Kier alpha value is -4.76. The van der Waals surface area contributed by atoms with Gasteiger partial charge in [-0.15, -0.1) is 0 Å². The largest absolute Gasteiger partial charge is 0.453 e.